The Bertz CT molecular complexity index is 487. The molecule has 0 heterocycles. The van der Waals surface area contributed by atoms with Gasteiger partial charge in [-0.2, -0.15) is 0 Å². The number of hydrogen-bond acceptors (Lipinski definition) is 3. The lowest BCUT2D eigenvalue weighted by Gasteiger charge is -2.50. The molecule has 0 saturated heterocycles. The number of aliphatic hydroxyl groups excluding tert-OH is 1. The monoisotopic (exact) mass is 305 g/mol. The molecule has 0 spiro atoms. The first kappa shape index (κ1) is 16.0. The van der Waals surface area contributed by atoms with Crippen LogP contribution in [0.5, 0.6) is 0 Å². The fraction of sp³-hybridized carbons (Fsp3) is 0.842. The lowest BCUT2D eigenvalue weighted by molar-refractivity contribution is -0.129. The molecule has 0 aromatic rings. The van der Waals surface area contributed by atoms with Crippen LogP contribution >= 0.6 is 0 Å². The molecule has 5 atom stereocenters. The summed E-state index contributed by atoms with van der Waals surface area (Å²) in [4.78, 5) is 11.1. The maximum Gasteiger partial charge on any atom is 0.232 e. The van der Waals surface area contributed by atoms with Crippen molar-refractivity contribution in [1.82, 2.24) is 0 Å². The van der Waals surface area contributed by atoms with Gasteiger partial charge in [0.05, 0.1) is 17.5 Å². The molecule has 1 radical (unpaired) electrons. The zero-order valence-electron chi connectivity index (χ0n) is 14.3. The van der Waals surface area contributed by atoms with Crippen molar-refractivity contribution in [3.63, 3.8) is 0 Å². The minimum absolute atomic E-state index is 0.105. The van der Waals surface area contributed by atoms with Gasteiger partial charge >= 0.3 is 0 Å². The molecule has 0 bridgehead atoms. The van der Waals surface area contributed by atoms with E-state index in [1.807, 2.05) is 6.29 Å². The van der Waals surface area contributed by atoms with Crippen LogP contribution in [0.2, 0.25) is 0 Å². The topological polar surface area (TPSA) is 46.5 Å². The van der Waals surface area contributed by atoms with E-state index in [2.05, 4.69) is 27.7 Å². The Hall–Kier alpha value is -0.830. The maximum atomic E-state index is 11.1. The molecule has 3 aliphatic rings. The third-order valence-corrected chi connectivity index (χ3v) is 6.36. The molecular weight excluding hydrogens is 276 g/mol. The summed E-state index contributed by atoms with van der Waals surface area (Å²) in [5, 5.41) is 10.0. The summed E-state index contributed by atoms with van der Waals surface area (Å²) in [6.45, 7) is 8.79. The summed E-state index contributed by atoms with van der Waals surface area (Å²) in [5.74, 6) is 1.94. The number of hydrogen-bond donors (Lipinski definition) is 1. The first-order chi connectivity index (χ1) is 10.2. The number of rotatable bonds is 2. The zero-order chi connectivity index (χ0) is 16.1. The van der Waals surface area contributed by atoms with E-state index in [0.717, 1.165) is 12.8 Å². The van der Waals surface area contributed by atoms with Gasteiger partial charge in [0.1, 0.15) is 0 Å². The van der Waals surface area contributed by atoms with E-state index in [4.69, 9.17) is 4.74 Å². The van der Waals surface area contributed by atoms with Gasteiger partial charge in [-0.15, -0.1) is 0 Å². The number of allylic oxidation sites excluding steroid dienone is 2. The van der Waals surface area contributed by atoms with Gasteiger partial charge < -0.3 is 9.84 Å². The standard InChI is InChI=1S/C19H29O3/c1-18(2,3)22-17-6-5-15-14-9-13(11-20)16(21)10-12(14)7-8-19(15,17)4/h12,14-15,17,21H,5-10H2,1-4H3/t12-,14-,15+,17+,19+/m0/s1. The first-order valence-electron chi connectivity index (χ1n) is 8.71. The summed E-state index contributed by atoms with van der Waals surface area (Å²) in [7, 11) is 0. The molecule has 1 N–H and O–H groups in total. The van der Waals surface area contributed by atoms with Crippen molar-refractivity contribution in [2.75, 3.05) is 0 Å². The third-order valence-electron chi connectivity index (χ3n) is 6.36. The second-order valence-corrected chi connectivity index (χ2v) is 8.81. The lowest BCUT2D eigenvalue weighted by Crippen LogP contribution is -2.47. The number of aliphatic hydroxyl groups is 1. The van der Waals surface area contributed by atoms with Crippen LogP contribution in [-0.2, 0) is 9.53 Å². The van der Waals surface area contributed by atoms with Gasteiger partial charge in [0.2, 0.25) is 6.29 Å². The molecule has 22 heavy (non-hydrogen) atoms. The highest BCUT2D eigenvalue weighted by molar-refractivity contribution is 5.75. The van der Waals surface area contributed by atoms with Crippen molar-refractivity contribution in [3.8, 4) is 0 Å². The van der Waals surface area contributed by atoms with E-state index < -0.39 is 0 Å². The quantitative estimate of drug-likeness (QED) is 0.826. The normalized spacial score (nSPS) is 42.0. The van der Waals surface area contributed by atoms with Crippen LogP contribution in [-0.4, -0.2) is 23.1 Å². The second kappa shape index (κ2) is 5.36. The van der Waals surface area contributed by atoms with E-state index in [9.17, 15) is 9.90 Å². The molecule has 3 nitrogen and oxygen atoms in total. The molecular formula is C19H29O3. The number of fused-ring (bicyclic) bond motifs is 3. The Morgan fingerprint density at radius 3 is 2.59 bits per heavy atom. The third kappa shape index (κ3) is 2.62. The number of ether oxygens (including phenoxy) is 1. The van der Waals surface area contributed by atoms with Gasteiger partial charge in [0, 0.05) is 12.0 Å². The minimum Gasteiger partial charge on any atom is -0.512 e. The summed E-state index contributed by atoms with van der Waals surface area (Å²) >= 11 is 0. The van der Waals surface area contributed by atoms with Gasteiger partial charge in [0.25, 0.3) is 0 Å². The van der Waals surface area contributed by atoms with Gasteiger partial charge in [-0.25, -0.2) is 0 Å². The Balaban J connectivity index is 1.83. The molecule has 0 aromatic heterocycles. The molecule has 0 aliphatic heterocycles. The molecule has 3 heteroatoms. The first-order valence-corrected chi connectivity index (χ1v) is 8.71. The molecule has 0 amide bonds. The average Bonchev–Trinajstić information content (AvgIpc) is 2.74. The van der Waals surface area contributed by atoms with Crippen molar-refractivity contribution in [3.05, 3.63) is 11.3 Å². The predicted molar refractivity (Wildman–Crippen MR) is 86.3 cm³/mol. The highest BCUT2D eigenvalue weighted by atomic mass is 16.5. The fourth-order valence-corrected chi connectivity index (χ4v) is 5.33. The minimum atomic E-state index is -0.105. The molecule has 3 aliphatic carbocycles. The highest BCUT2D eigenvalue weighted by Gasteiger charge is 2.55. The smallest absolute Gasteiger partial charge is 0.232 e. The summed E-state index contributed by atoms with van der Waals surface area (Å²) in [5.41, 5.74) is 0.632. The van der Waals surface area contributed by atoms with E-state index in [0.29, 0.717) is 48.0 Å². The van der Waals surface area contributed by atoms with E-state index >= 15 is 0 Å². The fourth-order valence-electron chi connectivity index (χ4n) is 5.33. The molecule has 0 unspecified atom stereocenters. The highest BCUT2D eigenvalue weighted by Crippen LogP contribution is 2.60. The van der Waals surface area contributed by atoms with Gasteiger partial charge in [-0.3, -0.25) is 4.79 Å². The van der Waals surface area contributed by atoms with Crippen LogP contribution in [0.15, 0.2) is 11.3 Å². The summed E-state index contributed by atoms with van der Waals surface area (Å²) < 4.78 is 6.39. The predicted octanol–water partition coefficient (Wildman–Crippen LogP) is 4.33. The van der Waals surface area contributed by atoms with Gasteiger partial charge in [-0.1, -0.05) is 6.92 Å². The van der Waals surface area contributed by atoms with Crippen LogP contribution in [0.1, 0.15) is 66.2 Å². The van der Waals surface area contributed by atoms with Crippen molar-refractivity contribution in [2.24, 2.45) is 23.2 Å². The molecule has 123 valence electrons. The summed E-state index contributed by atoms with van der Waals surface area (Å²) in [6.07, 6.45) is 8.30. The van der Waals surface area contributed by atoms with Crippen LogP contribution in [0, 0.1) is 23.2 Å². The van der Waals surface area contributed by atoms with Gasteiger partial charge in [0.15, 0.2) is 0 Å². The van der Waals surface area contributed by atoms with E-state index in [1.54, 1.807) is 0 Å². The maximum absolute atomic E-state index is 11.1. The van der Waals surface area contributed by atoms with Crippen LogP contribution in [0.4, 0.5) is 0 Å². The van der Waals surface area contributed by atoms with E-state index in [1.165, 1.54) is 12.8 Å². The van der Waals surface area contributed by atoms with Crippen LogP contribution in [0.3, 0.4) is 0 Å². The molecule has 3 rings (SSSR count). The Labute approximate surface area is 134 Å². The average molecular weight is 305 g/mol. The van der Waals surface area contributed by atoms with Crippen molar-refractivity contribution in [2.45, 2.75) is 77.9 Å². The van der Waals surface area contributed by atoms with E-state index in [-0.39, 0.29) is 11.0 Å². The Morgan fingerprint density at radius 2 is 1.95 bits per heavy atom. The molecule has 0 aromatic carbocycles. The lowest BCUT2D eigenvalue weighted by atomic mass is 9.56. The summed E-state index contributed by atoms with van der Waals surface area (Å²) in [6, 6.07) is 0. The molecule has 2 saturated carbocycles. The Morgan fingerprint density at radius 1 is 1.23 bits per heavy atom. The largest absolute Gasteiger partial charge is 0.512 e. The van der Waals surface area contributed by atoms with Crippen molar-refractivity contribution >= 4 is 6.29 Å². The van der Waals surface area contributed by atoms with Crippen LogP contribution in [0.25, 0.3) is 0 Å². The Kier molecular flexibility index (Phi) is 3.91. The zero-order valence-corrected chi connectivity index (χ0v) is 14.3. The van der Waals surface area contributed by atoms with Crippen molar-refractivity contribution in [1.29, 1.82) is 0 Å². The number of carbonyl (C=O) groups excluding carboxylic acids is 1. The van der Waals surface area contributed by atoms with Crippen molar-refractivity contribution < 1.29 is 14.6 Å². The van der Waals surface area contributed by atoms with Gasteiger partial charge in [-0.05, 0) is 76.0 Å². The molecule has 2 fully saturated rings. The SMILES string of the molecule is CC(C)(C)O[C@@H]1CC[C@@H]2[C@H]3CC([C]=O)=C(O)C[C@@H]3CC[C@]21C. The second-order valence-electron chi connectivity index (χ2n) is 8.81. The van der Waals surface area contributed by atoms with Crippen LogP contribution < -0.4 is 0 Å².